The highest BCUT2D eigenvalue weighted by atomic mass is 79.9. The van der Waals surface area contributed by atoms with Gasteiger partial charge in [-0.3, -0.25) is 9.59 Å². The molecule has 0 aliphatic rings. The van der Waals surface area contributed by atoms with E-state index in [2.05, 4.69) is 31.8 Å². The number of carbonyl (C=O) groups excluding carboxylic acids is 2. The zero-order chi connectivity index (χ0) is 15.9. The van der Waals surface area contributed by atoms with Crippen LogP contribution in [0.25, 0.3) is 0 Å². The molecular weight excluding hydrogens is 350 g/mol. The van der Waals surface area contributed by atoms with Crippen molar-refractivity contribution in [1.82, 2.24) is 5.43 Å². The van der Waals surface area contributed by atoms with E-state index < -0.39 is 5.91 Å². The van der Waals surface area contributed by atoms with Crippen molar-refractivity contribution in [2.75, 3.05) is 5.32 Å². The molecule has 0 spiro atoms. The van der Waals surface area contributed by atoms with Crippen LogP contribution in [0.5, 0.6) is 0 Å². The Kier molecular flexibility index (Phi) is 5.48. The highest BCUT2D eigenvalue weighted by Crippen LogP contribution is 2.13. The van der Waals surface area contributed by atoms with Gasteiger partial charge in [-0.2, -0.15) is 5.10 Å². The second-order valence-electron chi connectivity index (χ2n) is 4.48. The molecule has 2 aromatic rings. The summed E-state index contributed by atoms with van der Waals surface area (Å²) in [6, 6.07) is 12.2. The number of benzene rings is 1. The molecular formula is C15H14BrN3O3. The number of rotatable bonds is 5. The zero-order valence-electron chi connectivity index (χ0n) is 11.8. The monoisotopic (exact) mass is 363 g/mol. The molecule has 0 aliphatic carbocycles. The van der Waals surface area contributed by atoms with Gasteiger partial charge >= 0.3 is 5.91 Å². The largest absolute Gasteiger partial charge is 0.444 e. The van der Waals surface area contributed by atoms with E-state index in [9.17, 15) is 9.59 Å². The molecule has 0 saturated carbocycles. The number of hydrogen-bond acceptors (Lipinski definition) is 4. The van der Waals surface area contributed by atoms with Crippen molar-refractivity contribution in [1.29, 1.82) is 0 Å². The Labute approximate surface area is 135 Å². The lowest BCUT2D eigenvalue weighted by molar-refractivity contribution is -0.115. The first-order chi connectivity index (χ1) is 10.5. The summed E-state index contributed by atoms with van der Waals surface area (Å²) >= 11 is 3.11. The fraction of sp³-hybridized carbons (Fsp3) is 0.133. The van der Waals surface area contributed by atoms with E-state index in [1.54, 1.807) is 25.1 Å². The molecule has 1 aromatic carbocycles. The van der Waals surface area contributed by atoms with E-state index in [1.807, 2.05) is 18.2 Å². The van der Waals surface area contributed by atoms with Gasteiger partial charge in [-0.1, -0.05) is 18.2 Å². The molecule has 0 saturated heterocycles. The van der Waals surface area contributed by atoms with Gasteiger partial charge in [0.05, 0.1) is 6.42 Å². The number of anilines is 1. The van der Waals surface area contributed by atoms with Gasteiger partial charge in [-0.25, -0.2) is 5.43 Å². The highest BCUT2D eigenvalue weighted by Gasteiger charge is 2.10. The third-order valence-corrected chi connectivity index (χ3v) is 3.05. The fourth-order valence-electron chi connectivity index (χ4n) is 1.64. The van der Waals surface area contributed by atoms with Gasteiger partial charge in [0.2, 0.25) is 5.91 Å². The molecule has 1 aromatic heterocycles. The zero-order valence-corrected chi connectivity index (χ0v) is 13.4. The fourth-order valence-corrected chi connectivity index (χ4v) is 1.94. The Morgan fingerprint density at radius 1 is 1.18 bits per heavy atom. The number of para-hydroxylation sites is 1. The lowest BCUT2D eigenvalue weighted by atomic mass is 10.2. The molecule has 0 atom stereocenters. The van der Waals surface area contributed by atoms with Crippen LogP contribution < -0.4 is 10.7 Å². The second-order valence-corrected chi connectivity index (χ2v) is 5.26. The van der Waals surface area contributed by atoms with Crippen molar-refractivity contribution < 1.29 is 14.0 Å². The first-order valence-electron chi connectivity index (χ1n) is 6.48. The third-order valence-electron chi connectivity index (χ3n) is 2.62. The van der Waals surface area contributed by atoms with Gasteiger partial charge in [0.15, 0.2) is 10.4 Å². The van der Waals surface area contributed by atoms with Crippen LogP contribution in [0.1, 0.15) is 23.9 Å². The van der Waals surface area contributed by atoms with Crippen molar-refractivity contribution in [3.63, 3.8) is 0 Å². The van der Waals surface area contributed by atoms with Gasteiger partial charge in [0, 0.05) is 11.4 Å². The molecule has 0 radical (unpaired) electrons. The number of amides is 2. The SMILES string of the molecule is C/C(CC(=O)Nc1ccccc1)=N\NC(=O)c1ccc(Br)o1. The van der Waals surface area contributed by atoms with E-state index in [4.69, 9.17) is 4.42 Å². The topological polar surface area (TPSA) is 83.7 Å². The molecule has 7 heteroatoms. The number of hydrazone groups is 1. The van der Waals surface area contributed by atoms with Crippen molar-refractivity contribution in [2.45, 2.75) is 13.3 Å². The molecule has 22 heavy (non-hydrogen) atoms. The molecule has 1 heterocycles. The minimum atomic E-state index is -0.478. The molecule has 0 aliphatic heterocycles. The van der Waals surface area contributed by atoms with Crippen LogP contribution in [-0.2, 0) is 4.79 Å². The maximum Gasteiger partial charge on any atom is 0.307 e. The summed E-state index contributed by atoms with van der Waals surface area (Å²) in [5.41, 5.74) is 3.53. The number of furan rings is 1. The summed E-state index contributed by atoms with van der Waals surface area (Å²) in [7, 11) is 0. The van der Waals surface area contributed by atoms with Crippen LogP contribution in [0.15, 0.2) is 56.7 Å². The molecule has 2 rings (SSSR count). The van der Waals surface area contributed by atoms with Crippen LogP contribution in [0.4, 0.5) is 5.69 Å². The minimum Gasteiger partial charge on any atom is -0.444 e. The van der Waals surface area contributed by atoms with Crippen molar-refractivity contribution in [3.8, 4) is 0 Å². The van der Waals surface area contributed by atoms with Crippen molar-refractivity contribution in [3.05, 3.63) is 52.9 Å². The summed E-state index contributed by atoms with van der Waals surface area (Å²) in [5.74, 6) is -0.548. The molecule has 0 fully saturated rings. The first-order valence-corrected chi connectivity index (χ1v) is 7.27. The second kappa shape index (κ2) is 7.56. The number of halogens is 1. The number of hydrogen-bond donors (Lipinski definition) is 2. The third kappa shape index (κ3) is 4.85. The molecule has 6 nitrogen and oxygen atoms in total. The maximum atomic E-state index is 11.8. The normalized spacial score (nSPS) is 11.1. The maximum absolute atomic E-state index is 11.8. The molecule has 0 unspecified atom stereocenters. The molecule has 2 N–H and O–H groups in total. The van der Waals surface area contributed by atoms with Gasteiger partial charge in [-0.05, 0) is 47.1 Å². The Morgan fingerprint density at radius 3 is 2.55 bits per heavy atom. The molecule has 2 amide bonds. The lowest BCUT2D eigenvalue weighted by Gasteiger charge is -2.04. The van der Waals surface area contributed by atoms with Crippen LogP contribution in [0, 0.1) is 0 Å². The highest BCUT2D eigenvalue weighted by molar-refractivity contribution is 9.10. The van der Waals surface area contributed by atoms with Crippen LogP contribution in [-0.4, -0.2) is 17.5 Å². The van der Waals surface area contributed by atoms with E-state index in [0.29, 0.717) is 16.1 Å². The molecule has 0 bridgehead atoms. The number of nitrogens with one attached hydrogen (secondary N) is 2. The Hall–Kier alpha value is -2.41. The van der Waals surface area contributed by atoms with Crippen LogP contribution in [0.3, 0.4) is 0 Å². The van der Waals surface area contributed by atoms with Crippen molar-refractivity contribution in [2.24, 2.45) is 5.10 Å². The van der Waals surface area contributed by atoms with E-state index in [0.717, 1.165) is 0 Å². The Bertz CT molecular complexity index is 695. The number of nitrogens with zero attached hydrogens (tertiary/aromatic N) is 1. The summed E-state index contributed by atoms with van der Waals surface area (Å²) in [6.45, 7) is 1.66. The predicted octanol–water partition coefficient (Wildman–Crippen LogP) is 3.18. The predicted molar refractivity (Wildman–Crippen MR) is 86.7 cm³/mol. The quantitative estimate of drug-likeness (QED) is 0.631. The van der Waals surface area contributed by atoms with E-state index >= 15 is 0 Å². The number of carbonyl (C=O) groups is 2. The first kappa shape index (κ1) is 16.0. The van der Waals surface area contributed by atoms with E-state index in [-0.39, 0.29) is 18.1 Å². The van der Waals surface area contributed by atoms with Gasteiger partial charge in [0.25, 0.3) is 0 Å². The lowest BCUT2D eigenvalue weighted by Crippen LogP contribution is -2.21. The average molecular weight is 364 g/mol. The Morgan fingerprint density at radius 2 is 1.91 bits per heavy atom. The summed E-state index contributed by atoms with van der Waals surface area (Å²) in [6.07, 6.45) is 0.0804. The summed E-state index contributed by atoms with van der Waals surface area (Å²) in [4.78, 5) is 23.5. The smallest absolute Gasteiger partial charge is 0.307 e. The molecule has 114 valence electrons. The summed E-state index contributed by atoms with van der Waals surface area (Å²) in [5, 5.41) is 6.61. The van der Waals surface area contributed by atoms with Gasteiger partial charge in [0.1, 0.15) is 0 Å². The Balaban J connectivity index is 1.84. The van der Waals surface area contributed by atoms with Crippen LogP contribution in [0.2, 0.25) is 0 Å². The van der Waals surface area contributed by atoms with Gasteiger partial charge in [-0.15, -0.1) is 0 Å². The average Bonchev–Trinajstić information content (AvgIpc) is 2.92. The van der Waals surface area contributed by atoms with E-state index in [1.165, 1.54) is 6.07 Å². The van der Waals surface area contributed by atoms with Crippen molar-refractivity contribution >= 4 is 39.1 Å². The standard InChI is InChI=1S/C15H14BrN3O3/c1-10(9-14(20)17-11-5-3-2-4-6-11)18-19-15(21)12-7-8-13(16)22-12/h2-8H,9H2,1H3,(H,17,20)(H,19,21)/b18-10+. The van der Waals surface area contributed by atoms with Gasteiger partial charge < -0.3 is 9.73 Å². The summed E-state index contributed by atoms with van der Waals surface area (Å²) < 4.78 is 5.55. The minimum absolute atomic E-state index is 0.0804. The van der Waals surface area contributed by atoms with Crippen LogP contribution >= 0.6 is 15.9 Å².